The molecule has 0 bridgehead atoms. The van der Waals surface area contributed by atoms with Crippen molar-refractivity contribution < 1.29 is 25.2 Å². The van der Waals surface area contributed by atoms with Crippen LogP contribution in [0.2, 0.25) is 0 Å². The minimum atomic E-state index is -1.37. The molecule has 0 aliphatic carbocycles. The Bertz CT molecular complexity index is 739. The monoisotopic (exact) mass is 356 g/mol. The number of benzene rings is 2. The van der Waals surface area contributed by atoms with Gasteiger partial charge in [-0.05, 0) is 35.3 Å². The van der Waals surface area contributed by atoms with Crippen LogP contribution < -0.4 is 0 Å². The lowest BCUT2D eigenvalue weighted by Gasteiger charge is -2.39. The fraction of sp³-hybridized carbons (Fsp3) is 0.333. The number of hydrogen-bond acceptors (Lipinski definition) is 5. The van der Waals surface area contributed by atoms with E-state index in [9.17, 15) is 20.4 Å². The van der Waals surface area contributed by atoms with Crippen molar-refractivity contribution in [1.29, 1.82) is 0 Å². The Hall–Kier alpha value is -2.02. The van der Waals surface area contributed by atoms with E-state index in [0.717, 1.165) is 22.3 Å². The lowest BCUT2D eigenvalue weighted by Crippen LogP contribution is -2.57. The van der Waals surface area contributed by atoms with Crippen molar-refractivity contribution in [3.8, 4) is 11.1 Å². The topological polar surface area (TPSA) is 90.2 Å². The molecular weight excluding hydrogens is 332 g/mol. The van der Waals surface area contributed by atoms with Crippen LogP contribution in [0.15, 0.2) is 60.7 Å². The molecule has 0 spiro atoms. The summed E-state index contributed by atoms with van der Waals surface area (Å²) >= 11 is 0. The first kappa shape index (κ1) is 18.8. The number of ether oxygens (including phenoxy) is 1. The number of rotatable bonds is 4. The molecule has 1 heterocycles. The van der Waals surface area contributed by atoms with E-state index in [1.807, 2.05) is 61.5 Å². The number of hydrogen-bond donors (Lipinski definition) is 4. The molecule has 5 atom stereocenters. The summed E-state index contributed by atoms with van der Waals surface area (Å²) in [5.41, 5.74) is 4.07. The average Bonchev–Trinajstić information content (AvgIpc) is 2.69. The van der Waals surface area contributed by atoms with Crippen molar-refractivity contribution in [2.45, 2.75) is 37.4 Å². The first-order valence-electron chi connectivity index (χ1n) is 8.66. The number of aliphatic hydroxyl groups is 4. The summed E-state index contributed by atoms with van der Waals surface area (Å²) in [4.78, 5) is 0. The fourth-order valence-electron chi connectivity index (χ4n) is 3.17. The fourth-order valence-corrected chi connectivity index (χ4v) is 3.17. The van der Waals surface area contributed by atoms with Crippen LogP contribution in [-0.4, -0.2) is 57.6 Å². The van der Waals surface area contributed by atoms with Gasteiger partial charge >= 0.3 is 0 Å². The second-order valence-electron chi connectivity index (χ2n) is 6.59. The molecule has 0 radical (unpaired) electrons. The third-order valence-electron chi connectivity index (χ3n) is 4.79. The van der Waals surface area contributed by atoms with E-state index in [-0.39, 0.29) is 0 Å². The molecule has 0 unspecified atom stereocenters. The smallest absolute Gasteiger partial charge is 0.112 e. The molecule has 5 heteroatoms. The number of aliphatic hydroxyl groups excluding tert-OH is 4. The maximum absolute atomic E-state index is 10.1. The molecule has 0 amide bonds. The standard InChI is InChI=1S/C21H24O5/c1-13(11-17-19(23)21(25)20(24)18(12-22)26-17)14-7-9-16(10-8-14)15-5-3-2-4-6-15/h2-11,17-25H,12H2,1H3/b13-11+/t17-,18-,19-,20-,21-/m1/s1. The van der Waals surface area contributed by atoms with E-state index in [1.165, 1.54) is 0 Å². The molecule has 5 nitrogen and oxygen atoms in total. The van der Waals surface area contributed by atoms with Gasteiger partial charge in [-0.15, -0.1) is 0 Å². The van der Waals surface area contributed by atoms with Crippen LogP contribution in [0.4, 0.5) is 0 Å². The van der Waals surface area contributed by atoms with Crippen LogP contribution >= 0.6 is 0 Å². The average molecular weight is 356 g/mol. The summed E-state index contributed by atoms with van der Waals surface area (Å²) in [5.74, 6) is 0. The molecular formula is C21H24O5. The third kappa shape index (κ3) is 3.87. The molecule has 1 aliphatic rings. The zero-order valence-electron chi connectivity index (χ0n) is 14.6. The Morgan fingerprint density at radius 2 is 1.50 bits per heavy atom. The molecule has 1 fully saturated rings. The van der Waals surface area contributed by atoms with Gasteiger partial charge in [-0.2, -0.15) is 0 Å². The minimum Gasteiger partial charge on any atom is -0.394 e. The predicted molar refractivity (Wildman–Crippen MR) is 99.3 cm³/mol. The minimum absolute atomic E-state index is 0.430. The Morgan fingerprint density at radius 3 is 2.12 bits per heavy atom. The van der Waals surface area contributed by atoms with E-state index in [1.54, 1.807) is 6.08 Å². The zero-order valence-corrected chi connectivity index (χ0v) is 14.6. The molecule has 3 rings (SSSR count). The molecule has 0 saturated carbocycles. The summed E-state index contributed by atoms with van der Waals surface area (Å²) in [7, 11) is 0. The Balaban J connectivity index is 1.78. The van der Waals surface area contributed by atoms with Crippen LogP contribution in [0, 0.1) is 0 Å². The van der Waals surface area contributed by atoms with Crippen molar-refractivity contribution in [3.05, 3.63) is 66.2 Å². The summed E-state index contributed by atoms with van der Waals surface area (Å²) in [6, 6.07) is 18.1. The van der Waals surface area contributed by atoms with Crippen LogP contribution in [0.5, 0.6) is 0 Å². The van der Waals surface area contributed by atoms with Crippen molar-refractivity contribution in [2.24, 2.45) is 0 Å². The molecule has 2 aromatic carbocycles. The van der Waals surface area contributed by atoms with Gasteiger partial charge in [0, 0.05) is 0 Å². The number of allylic oxidation sites excluding steroid dienone is 1. The van der Waals surface area contributed by atoms with Crippen LogP contribution in [0.1, 0.15) is 12.5 Å². The van der Waals surface area contributed by atoms with Crippen molar-refractivity contribution in [2.75, 3.05) is 6.61 Å². The second-order valence-corrected chi connectivity index (χ2v) is 6.59. The van der Waals surface area contributed by atoms with E-state index >= 15 is 0 Å². The molecule has 4 N–H and O–H groups in total. The van der Waals surface area contributed by atoms with Crippen molar-refractivity contribution >= 4 is 5.57 Å². The summed E-state index contributed by atoms with van der Waals surface area (Å²) < 4.78 is 5.53. The van der Waals surface area contributed by atoms with Crippen LogP contribution in [0.3, 0.4) is 0 Å². The SMILES string of the molecule is C/C(=C\[C@H]1O[C@H](CO)[C@@H](O)[C@H](O)[C@@H]1O)c1ccc(-c2ccccc2)cc1. The molecule has 0 aromatic heterocycles. The lowest BCUT2D eigenvalue weighted by molar-refractivity contribution is -0.216. The quantitative estimate of drug-likeness (QED) is 0.668. The van der Waals surface area contributed by atoms with Gasteiger partial charge in [0.05, 0.1) is 6.61 Å². The molecule has 2 aromatic rings. The highest BCUT2D eigenvalue weighted by Gasteiger charge is 2.42. The third-order valence-corrected chi connectivity index (χ3v) is 4.79. The van der Waals surface area contributed by atoms with E-state index in [0.29, 0.717) is 0 Å². The van der Waals surface area contributed by atoms with Gasteiger partial charge in [0.2, 0.25) is 0 Å². The first-order valence-corrected chi connectivity index (χ1v) is 8.66. The van der Waals surface area contributed by atoms with E-state index in [2.05, 4.69) is 0 Å². The van der Waals surface area contributed by atoms with E-state index < -0.39 is 37.1 Å². The van der Waals surface area contributed by atoms with Gasteiger partial charge in [-0.3, -0.25) is 0 Å². The summed E-state index contributed by atoms with van der Waals surface area (Å²) in [6.07, 6.45) is -3.96. The van der Waals surface area contributed by atoms with Gasteiger partial charge in [-0.25, -0.2) is 0 Å². The van der Waals surface area contributed by atoms with Gasteiger partial charge in [0.1, 0.15) is 30.5 Å². The predicted octanol–water partition coefficient (Wildman–Crippen LogP) is 1.60. The Kier molecular flexibility index (Phi) is 5.86. The van der Waals surface area contributed by atoms with Gasteiger partial charge in [0.15, 0.2) is 0 Å². The largest absolute Gasteiger partial charge is 0.394 e. The Labute approximate surface area is 152 Å². The highest BCUT2D eigenvalue weighted by molar-refractivity contribution is 5.69. The van der Waals surface area contributed by atoms with Crippen LogP contribution in [-0.2, 0) is 4.74 Å². The first-order chi connectivity index (χ1) is 12.5. The van der Waals surface area contributed by atoms with Crippen molar-refractivity contribution in [1.82, 2.24) is 0 Å². The highest BCUT2D eigenvalue weighted by atomic mass is 16.5. The molecule has 1 saturated heterocycles. The summed E-state index contributed by atoms with van der Waals surface area (Å²) in [6.45, 7) is 1.46. The van der Waals surface area contributed by atoms with Gasteiger partial charge < -0.3 is 25.2 Å². The van der Waals surface area contributed by atoms with Crippen LogP contribution in [0.25, 0.3) is 16.7 Å². The normalized spacial score (nSPS) is 29.6. The van der Waals surface area contributed by atoms with E-state index in [4.69, 9.17) is 4.74 Å². The molecule has 1 aliphatic heterocycles. The maximum atomic E-state index is 10.1. The Morgan fingerprint density at radius 1 is 0.885 bits per heavy atom. The van der Waals surface area contributed by atoms with Gasteiger partial charge in [-0.1, -0.05) is 54.6 Å². The highest BCUT2D eigenvalue weighted by Crippen LogP contribution is 2.26. The lowest BCUT2D eigenvalue weighted by atomic mass is 9.93. The zero-order chi connectivity index (χ0) is 18.7. The van der Waals surface area contributed by atoms with Crippen molar-refractivity contribution in [3.63, 3.8) is 0 Å². The molecule has 138 valence electrons. The maximum Gasteiger partial charge on any atom is 0.112 e. The second kappa shape index (κ2) is 8.12. The van der Waals surface area contributed by atoms with Gasteiger partial charge in [0.25, 0.3) is 0 Å². The molecule has 26 heavy (non-hydrogen) atoms. The summed E-state index contributed by atoms with van der Waals surface area (Å²) in [5, 5.41) is 39.2.